The fourth-order valence-electron chi connectivity index (χ4n) is 3.48. The molecule has 0 bridgehead atoms. The molecule has 0 aliphatic rings. The van der Waals surface area contributed by atoms with Gasteiger partial charge in [-0.2, -0.15) is 4.99 Å². The number of aryl methyl sites for hydroxylation is 4. The van der Waals surface area contributed by atoms with Gasteiger partial charge in [0.15, 0.2) is 4.80 Å². The summed E-state index contributed by atoms with van der Waals surface area (Å²) in [4.78, 5) is 18.0. The first kappa shape index (κ1) is 22.9. The monoisotopic (exact) mass is 479 g/mol. The number of anilines is 1. The first-order chi connectivity index (χ1) is 15.7. The van der Waals surface area contributed by atoms with Crippen LogP contribution in [0.2, 0.25) is 0 Å². The molecule has 3 aromatic carbocycles. The van der Waals surface area contributed by atoms with Crippen molar-refractivity contribution in [3.05, 3.63) is 87.7 Å². The van der Waals surface area contributed by atoms with Gasteiger partial charge in [0.25, 0.3) is 15.9 Å². The lowest BCUT2D eigenvalue weighted by Crippen LogP contribution is -2.16. The van der Waals surface area contributed by atoms with Crippen LogP contribution in [0, 0.1) is 20.8 Å². The Bertz CT molecular complexity index is 1510. The van der Waals surface area contributed by atoms with Gasteiger partial charge in [-0.1, -0.05) is 29.0 Å². The van der Waals surface area contributed by atoms with Crippen molar-refractivity contribution in [2.45, 2.75) is 39.1 Å². The van der Waals surface area contributed by atoms with Crippen molar-refractivity contribution in [2.24, 2.45) is 4.99 Å². The van der Waals surface area contributed by atoms with Crippen molar-refractivity contribution in [3.63, 3.8) is 0 Å². The van der Waals surface area contributed by atoms with Crippen LogP contribution in [0.1, 0.15) is 34.0 Å². The Balaban J connectivity index is 1.60. The summed E-state index contributed by atoms with van der Waals surface area (Å²) in [6.45, 7) is 8.77. The number of sulfonamides is 1. The largest absolute Gasteiger partial charge is 0.317 e. The number of nitrogens with one attached hydrogen (secondary N) is 1. The summed E-state index contributed by atoms with van der Waals surface area (Å²) in [6.07, 6.45) is 0. The van der Waals surface area contributed by atoms with E-state index in [1.165, 1.54) is 22.5 Å². The lowest BCUT2D eigenvalue weighted by atomic mass is 10.1. The SMILES string of the molecule is CCn1c(=NC(=O)c2ccc(NS(=O)(=O)c3ccc(C)cc3)cc2)sc2cc(C)c(C)cc21. The molecule has 1 heterocycles. The van der Waals surface area contributed by atoms with E-state index in [0.29, 0.717) is 22.6 Å². The molecule has 1 amide bonds. The molecule has 6 nitrogen and oxygen atoms in total. The highest BCUT2D eigenvalue weighted by atomic mass is 32.2. The maximum absolute atomic E-state index is 12.8. The van der Waals surface area contributed by atoms with Crippen LogP contribution >= 0.6 is 11.3 Å². The minimum atomic E-state index is -3.70. The Morgan fingerprint density at radius 3 is 2.24 bits per heavy atom. The van der Waals surface area contributed by atoms with Crippen LogP contribution in [-0.4, -0.2) is 18.9 Å². The van der Waals surface area contributed by atoms with E-state index in [1.807, 2.05) is 18.4 Å². The maximum Gasteiger partial charge on any atom is 0.279 e. The van der Waals surface area contributed by atoms with Crippen molar-refractivity contribution in [3.8, 4) is 0 Å². The molecule has 0 saturated carbocycles. The van der Waals surface area contributed by atoms with Gasteiger partial charge in [0.1, 0.15) is 0 Å². The summed E-state index contributed by atoms with van der Waals surface area (Å²) in [5, 5.41) is 0. The van der Waals surface area contributed by atoms with Gasteiger partial charge in [-0.05, 0) is 87.4 Å². The summed E-state index contributed by atoms with van der Waals surface area (Å²) in [5.74, 6) is -0.370. The van der Waals surface area contributed by atoms with E-state index in [0.717, 1.165) is 15.8 Å². The molecule has 0 saturated heterocycles. The van der Waals surface area contributed by atoms with Gasteiger partial charge in [-0.25, -0.2) is 8.42 Å². The quantitative estimate of drug-likeness (QED) is 0.428. The second-order valence-corrected chi connectivity index (χ2v) is 10.6. The van der Waals surface area contributed by atoms with Crippen molar-refractivity contribution in [2.75, 3.05) is 4.72 Å². The van der Waals surface area contributed by atoms with Crippen LogP contribution in [0.15, 0.2) is 70.6 Å². The average Bonchev–Trinajstić information content (AvgIpc) is 3.10. The predicted octanol–water partition coefficient (Wildman–Crippen LogP) is 5.19. The molecule has 8 heteroatoms. The lowest BCUT2D eigenvalue weighted by molar-refractivity contribution is 0.0998. The number of carbonyl (C=O) groups is 1. The van der Waals surface area contributed by atoms with Crippen molar-refractivity contribution in [1.29, 1.82) is 0 Å². The molecule has 170 valence electrons. The molecule has 1 N–H and O–H groups in total. The minimum absolute atomic E-state index is 0.183. The molecular weight excluding hydrogens is 454 g/mol. The number of rotatable bonds is 5. The number of aromatic nitrogens is 1. The average molecular weight is 480 g/mol. The van der Waals surface area contributed by atoms with Crippen molar-refractivity contribution in [1.82, 2.24) is 4.57 Å². The van der Waals surface area contributed by atoms with E-state index in [9.17, 15) is 13.2 Å². The summed E-state index contributed by atoms with van der Waals surface area (Å²) >= 11 is 1.49. The lowest BCUT2D eigenvalue weighted by Gasteiger charge is -2.08. The Morgan fingerprint density at radius 1 is 0.970 bits per heavy atom. The summed E-state index contributed by atoms with van der Waals surface area (Å²) in [7, 11) is -3.70. The molecule has 0 aliphatic heterocycles. The van der Waals surface area contributed by atoms with Gasteiger partial charge in [0.05, 0.1) is 15.1 Å². The topological polar surface area (TPSA) is 80.5 Å². The highest BCUT2D eigenvalue weighted by Gasteiger charge is 2.15. The summed E-state index contributed by atoms with van der Waals surface area (Å²) in [6, 6.07) is 17.2. The van der Waals surface area contributed by atoms with Crippen LogP contribution in [-0.2, 0) is 16.6 Å². The van der Waals surface area contributed by atoms with Gasteiger partial charge >= 0.3 is 0 Å². The number of benzene rings is 3. The highest BCUT2D eigenvalue weighted by Crippen LogP contribution is 2.22. The van der Waals surface area contributed by atoms with Crippen LogP contribution in [0.3, 0.4) is 0 Å². The second kappa shape index (κ2) is 8.96. The molecular formula is C25H25N3O3S2. The zero-order valence-electron chi connectivity index (χ0n) is 18.9. The van der Waals surface area contributed by atoms with E-state index in [1.54, 1.807) is 48.5 Å². The fraction of sp³-hybridized carbons (Fsp3) is 0.200. The molecule has 0 fully saturated rings. The third kappa shape index (κ3) is 4.77. The first-order valence-electron chi connectivity index (χ1n) is 10.6. The maximum atomic E-state index is 12.8. The highest BCUT2D eigenvalue weighted by molar-refractivity contribution is 7.92. The minimum Gasteiger partial charge on any atom is -0.317 e. The number of amides is 1. The normalized spacial score (nSPS) is 12.3. The van der Waals surface area contributed by atoms with Gasteiger partial charge in [-0.3, -0.25) is 9.52 Å². The number of fused-ring (bicyclic) bond motifs is 1. The summed E-state index contributed by atoms with van der Waals surface area (Å²) < 4.78 is 30.8. The molecule has 0 radical (unpaired) electrons. The van der Waals surface area contributed by atoms with E-state index in [-0.39, 0.29) is 10.8 Å². The molecule has 33 heavy (non-hydrogen) atoms. The number of hydrogen-bond acceptors (Lipinski definition) is 4. The number of hydrogen-bond donors (Lipinski definition) is 1. The van der Waals surface area contributed by atoms with Gasteiger partial charge in [0, 0.05) is 17.8 Å². The molecule has 4 rings (SSSR count). The van der Waals surface area contributed by atoms with E-state index >= 15 is 0 Å². The van der Waals surface area contributed by atoms with Gasteiger partial charge in [-0.15, -0.1) is 0 Å². The molecule has 4 aromatic rings. The van der Waals surface area contributed by atoms with Gasteiger partial charge < -0.3 is 4.57 Å². The summed E-state index contributed by atoms with van der Waals surface area (Å²) in [5.41, 5.74) is 5.22. The Morgan fingerprint density at radius 2 is 1.61 bits per heavy atom. The van der Waals surface area contributed by atoms with Gasteiger partial charge in [0.2, 0.25) is 0 Å². The smallest absolute Gasteiger partial charge is 0.279 e. The van der Waals surface area contributed by atoms with Crippen LogP contribution < -0.4 is 9.52 Å². The Labute approximate surface area is 197 Å². The van der Waals surface area contributed by atoms with Crippen molar-refractivity contribution >= 4 is 43.2 Å². The Kier molecular flexibility index (Phi) is 6.23. The third-order valence-electron chi connectivity index (χ3n) is 5.53. The molecule has 0 atom stereocenters. The van der Waals surface area contributed by atoms with Crippen LogP contribution in [0.25, 0.3) is 10.2 Å². The number of thiazole rings is 1. The van der Waals surface area contributed by atoms with Crippen LogP contribution in [0.4, 0.5) is 5.69 Å². The molecule has 0 unspecified atom stereocenters. The van der Waals surface area contributed by atoms with Crippen molar-refractivity contribution < 1.29 is 13.2 Å². The zero-order valence-corrected chi connectivity index (χ0v) is 20.5. The third-order valence-corrected chi connectivity index (χ3v) is 7.97. The first-order valence-corrected chi connectivity index (χ1v) is 12.9. The Hall–Kier alpha value is -3.23. The molecule has 0 spiro atoms. The fourth-order valence-corrected chi connectivity index (χ4v) is 5.71. The number of nitrogens with zero attached hydrogens (tertiary/aromatic N) is 2. The molecule has 1 aromatic heterocycles. The second-order valence-electron chi connectivity index (χ2n) is 7.95. The van der Waals surface area contributed by atoms with Crippen LogP contribution in [0.5, 0.6) is 0 Å². The van der Waals surface area contributed by atoms with E-state index < -0.39 is 10.0 Å². The number of carbonyl (C=O) groups excluding carboxylic acids is 1. The van der Waals surface area contributed by atoms with E-state index in [2.05, 4.69) is 35.7 Å². The zero-order chi connectivity index (χ0) is 23.8. The standard InChI is InChI=1S/C25H25N3O3S2/c1-5-28-22-14-17(3)18(4)15-23(22)32-25(28)26-24(29)19-8-10-20(11-9-19)27-33(30,31)21-12-6-16(2)7-13-21/h6-15,27H,5H2,1-4H3. The predicted molar refractivity (Wildman–Crippen MR) is 133 cm³/mol. The molecule has 0 aliphatic carbocycles. The van der Waals surface area contributed by atoms with E-state index in [4.69, 9.17) is 0 Å².